The molecule has 2 N–H and O–H groups in total. The third kappa shape index (κ3) is 3.90. The van der Waals surface area contributed by atoms with Gasteiger partial charge in [-0.15, -0.1) is 0 Å². The lowest BCUT2D eigenvalue weighted by Crippen LogP contribution is -2.24. The fourth-order valence-corrected chi connectivity index (χ4v) is 2.35. The highest BCUT2D eigenvalue weighted by molar-refractivity contribution is 9.10. The molecule has 2 nitrogen and oxygen atoms in total. The number of rotatable bonds is 5. The van der Waals surface area contributed by atoms with Crippen LogP contribution in [0.25, 0.3) is 0 Å². The van der Waals surface area contributed by atoms with Gasteiger partial charge < -0.3 is 10.4 Å². The summed E-state index contributed by atoms with van der Waals surface area (Å²) in [6.45, 7) is 2.89. The Morgan fingerprint density at radius 3 is 2.53 bits per heavy atom. The van der Waals surface area contributed by atoms with Crippen molar-refractivity contribution in [3.8, 4) is 0 Å². The Labute approximate surface area is 122 Å². The summed E-state index contributed by atoms with van der Waals surface area (Å²) in [6, 6.07) is 16.3. The molecular formula is C16H18BrNO. The highest BCUT2D eigenvalue weighted by Crippen LogP contribution is 2.22. The molecule has 0 heterocycles. The SMILES string of the molecule is Cc1ccc(C(CO)NCc2ccccc2)cc1Br. The third-order valence-corrected chi connectivity index (χ3v) is 4.03. The van der Waals surface area contributed by atoms with Crippen molar-refractivity contribution in [1.29, 1.82) is 0 Å². The number of aliphatic hydroxyl groups is 1. The van der Waals surface area contributed by atoms with Gasteiger partial charge in [0.25, 0.3) is 0 Å². The van der Waals surface area contributed by atoms with Gasteiger partial charge in [0.05, 0.1) is 12.6 Å². The molecule has 0 aliphatic rings. The Morgan fingerprint density at radius 1 is 1.16 bits per heavy atom. The first-order valence-corrected chi connectivity index (χ1v) is 7.14. The van der Waals surface area contributed by atoms with E-state index in [0.717, 1.165) is 16.6 Å². The summed E-state index contributed by atoms with van der Waals surface area (Å²) in [5, 5.41) is 12.9. The van der Waals surface area contributed by atoms with Crippen LogP contribution in [0.2, 0.25) is 0 Å². The first-order valence-electron chi connectivity index (χ1n) is 6.35. The van der Waals surface area contributed by atoms with Crippen molar-refractivity contribution in [2.75, 3.05) is 6.61 Å². The molecule has 0 aliphatic carbocycles. The summed E-state index contributed by atoms with van der Waals surface area (Å²) in [5.74, 6) is 0. The maximum absolute atomic E-state index is 9.54. The van der Waals surface area contributed by atoms with Gasteiger partial charge in [0.2, 0.25) is 0 Å². The molecule has 0 aromatic heterocycles. The molecule has 2 rings (SSSR count). The van der Waals surface area contributed by atoms with Crippen LogP contribution in [0, 0.1) is 6.92 Å². The Balaban J connectivity index is 2.05. The van der Waals surface area contributed by atoms with Gasteiger partial charge in [-0.1, -0.05) is 58.4 Å². The first kappa shape index (κ1) is 14.3. The summed E-state index contributed by atoms with van der Waals surface area (Å²) in [7, 11) is 0. The van der Waals surface area contributed by atoms with Crippen molar-refractivity contribution < 1.29 is 5.11 Å². The standard InChI is InChI=1S/C16H18BrNO/c1-12-7-8-14(9-15(12)17)16(11-19)18-10-13-5-3-2-4-6-13/h2-9,16,18-19H,10-11H2,1H3. The minimum Gasteiger partial charge on any atom is -0.394 e. The zero-order valence-corrected chi connectivity index (χ0v) is 12.5. The predicted molar refractivity (Wildman–Crippen MR) is 82.0 cm³/mol. The maximum Gasteiger partial charge on any atom is 0.0626 e. The Kier molecular flexibility index (Phi) is 5.14. The van der Waals surface area contributed by atoms with E-state index in [4.69, 9.17) is 0 Å². The van der Waals surface area contributed by atoms with Gasteiger partial charge in [0, 0.05) is 11.0 Å². The van der Waals surface area contributed by atoms with E-state index in [-0.39, 0.29) is 12.6 Å². The average molecular weight is 320 g/mol. The van der Waals surface area contributed by atoms with Gasteiger partial charge in [-0.3, -0.25) is 0 Å². The summed E-state index contributed by atoms with van der Waals surface area (Å²) < 4.78 is 1.07. The monoisotopic (exact) mass is 319 g/mol. The molecular weight excluding hydrogens is 302 g/mol. The molecule has 2 aromatic carbocycles. The lowest BCUT2D eigenvalue weighted by molar-refractivity contribution is 0.243. The van der Waals surface area contributed by atoms with Gasteiger partial charge in [-0.25, -0.2) is 0 Å². The number of halogens is 1. The van der Waals surface area contributed by atoms with Gasteiger partial charge >= 0.3 is 0 Å². The smallest absolute Gasteiger partial charge is 0.0626 e. The van der Waals surface area contributed by atoms with Crippen molar-refractivity contribution in [3.63, 3.8) is 0 Å². The van der Waals surface area contributed by atoms with E-state index in [1.165, 1.54) is 11.1 Å². The lowest BCUT2D eigenvalue weighted by Gasteiger charge is -2.17. The van der Waals surface area contributed by atoms with E-state index in [2.05, 4.69) is 58.5 Å². The number of nitrogens with one attached hydrogen (secondary N) is 1. The van der Waals surface area contributed by atoms with Crippen LogP contribution >= 0.6 is 15.9 Å². The van der Waals surface area contributed by atoms with E-state index < -0.39 is 0 Å². The largest absolute Gasteiger partial charge is 0.394 e. The molecule has 3 heteroatoms. The molecule has 100 valence electrons. The molecule has 0 saturated carbocycles. The predicted octanol–water partition coefficient (Wildman–Crippen LogP) is 3.58. The zero-order valence-electron chi connectivity index (χ0n) is 10.9. The fourth-order valence-electron chi connectivity index (χ4n) is 1.95. The summed E-state index contributed by atoms with van der Waals surface area (Å²) in [6.07, 6.45) is 0. The fraction of sp³-hybridized carbons (Fsp3) is 0.250. The van der Waals surface area contributed by atoms with E-state index in [0.29, 0.717) is 0 Å². The minimum atomic E-state index is -0.0443. The van der Waals surface area contributed by atoms with Crippen molar-refractivity contribution in [1.82, 2.24) is 5.32 Å². The Hall–Kier alpha value is -1.16. The minimum absolute atomic E-state index is 0.0443. The molecule has 19 heavy (non-hydrogen) atoms. The van der Waals surface area contributed by atoms with E-state index in [9.17, 15) is 5.11 Å². The highest BCUT2D eigenvalue weighted by Gasteiger charge is 2.10. The van der Waals surface area contributed by atoms with Gasteiger partial charge in [0.1, 0.15) is 0 Å². The maximum atomic E-state index is 9.54. The molecule has 0 spiro atoms. The summed E-state index contributed by atoms with van der Waals surface area (Å²) >= 11 is 3.53. The van der Waals surface area contributed by atoms with Crippen molar-refractivity contribution in [2.24, 2.45) is 0 Å². The van der Waals surface area contributed by atoms with Crippen LogP contribution in [0.3, 0.4) is 0 Å². The van der Waals surface area contributed by atoms with Crippen LogP contribution in [0.15, 0.2) is 53.0 Å². The van der Waals surface area contributed by atoms with E-state index in [1.807, 2.05) is 18.2 Å². The van der Waals surface area contributed by atoms with E-state index >= 15 is 0 Å². The number of aryl methyl sites for hydroxylation is 1. The average Bonchev–Trinajstić information content (AvgIpc) is 2.44. The van der Waals surface area contributed by atoms with Crippen molar-refractivity contribution in [2.45, 2.75) is 19.5 Å². The topological polar surface area (TPSA) is 32.3 Å². The molecule has 0 saturated heterocycles. The number of aliphatic hydroxyl groups excluding tert-OH is 1. The first-order chi connectivity index (χ1) is 9.20. The van der Waals surface area contributed by atoms with Crippen LogP contribution in [0.1, 0.15) is 22.7 Å². The van der Waals surface area contributed by atoms with Gasteiger partial charge in [0.15, 0.2) is 0 Å². The highest BCUT2D eigenvalue weighted by atomic mass is 79.9. The van der Waals surface area contributed by atoms with Crippen LogP contribution in [-0.2, 0) is 6.54 Å². The number of benzene rings is 2. The number of hydrogen-bond donors (Lipinski definition) is 2. The van der Waals surface area contributed by atoms with Gasteiger partial charge in [-0.2, -0.15) is 0 Å². The normalized spacial score (nSPS) is 12.4. The number of hydrogen-bond acceptors (Lipinski definition) is 2. The molecule has 0 aliphatic heterocycles. The second kappa shape index (κ2) is 6.85. The summed E-state index contributed by atoms with van der Waals surface area (Å²) in [4.78, 5) is 0. The van der Waals surface area contributed by atoms with Crippen LogP contribution in [0.4, 0.5) is 0 Å². The van der Waals surface area contributed by atoms with Crippen LogP contribution in [-0.4, -0.2) is 11.7 Å². The van der Waals surface area contributed by atoms with Crippen molar-refractivity contribution >= 4 is 15.9 Å². The molecule has 0 amide bonds. The molecule has 0 radical (unpaired) electrons. The molecule has 0 bridgehead atoms. The molecule has 0 fully saturated rings. The molecule has 2 aromatic rings. The van der Waals surface area contributed by atoms with Gasteiger partial charge in [-0.05, 0) is 29.7 Å². The second-order valence-electron chi connectivity index (χ2n) is 4.61. The van der Waals surface area contributed by atoms with Crippen molar-refractivity contribution in [3.05, 3.63) is 69.7 Å². The van der Waals surface area contributed by atoms with Crippen LogP contribution in [0.5, 0.6) is 0 Å². The zero-order chi connectivity index (χ0) is 13.7. The Bertz CT molecular complexity index is 528. The Morgan fingerprint density at radius 2 is 1.89 bits per heavy atom. The quantitative estimate of drug-likeness (QED) is 0.882. The summed E-state index contributed by atoms with van der Waals surface area (Å²) in [5.41, 5.74) is 3.51. The molecule has 1 atom stereocenters. The molecule has 1 unspecified atom stereocenters. The lowest BCUT2D eigenvalue weighted by atomic mass is 10.1. The van der Waals surface area contributed by atoms with Crippen LogP contribution < -0.4 is 5.32 Å². The third-order valence-electron chi connectivity index (χ3n) is 3.18. The van der Waals surface area contributed by atoms with E-state index in [1.54, 1.807) is 0 Å². The second-order valence-corrected chi connectivity index (χ2v) is 5.46.